The topological polar surface area (TPSA) is 66.7 Å². The smallest absolute Gasteiger partial charge is 0.200 e. The lowest BCUT2D eigenvalue weighted by molar-refractivity contribution is 0.393. The normalized spacial score (nSPS) is 12.9. The van der Waals surface area contributed by atoms with E-state index in [9.17, 15) is 5.11 Å². The van der Waals surface area contributed by atoms with Gasteiger partial charge in [0.25, 0.3) is 0 Å². The van der Waals surface area contributed by atoms with Crippen molar-refractivity contribution < 1.29 is 5.11 Å². The molecule has 0 aliphatic carbocycles. The van der Waals surface area contributed by atoms with Gasteiger partial charge in [0.05, 0.1) is 16.6 Å². The summed E-state index contributed by atoms with van der Waals surface area (Å²) in [5, 5.41) is 18.2. The molecule has 2 N–H and O–H groups in total. The molecule has 5 heteroatoms. The molecule has 3 aromatic rings. The van der Waals surface area contributed by atoms with E-state index in [1.807, 2.05) is 35.9 Å². The number of H-pyrrole nitrogens is 1. The molecule has 0 spiro atoms. The fraction of sp³-hybridized carbons (Fsp3) is 0.286. The largest absolute Gasteiger partial charge is 0.494 e. The number of hydrogen-bond acceptors (Lipinski definition) is 3. The minimum Gasteiger partial charge on any atom is -0.494 e. The molecule has 0 radical (unpaired) electrons. The maximum atomic E-state index is 10.2. The van der Waals surface area contributed by atoms with E-state index in [2.05, 4.69) is 22.1 Å². The highest BCUT2D eigenvalue weighted by Crippen LogP contribution is 2.29. The fourth-order valence-electron chi connectivity index (χ4n) is 2.36. The third kappa shape index (κ3) is 2.07. The molecule has 3 aromatic heterocycles. The van der Waals surface area contributed by atoms with Crippen LogP contribution in [0.2, 0.25) is 0 Å². The fourth-order valence-corrected chi connectivity index (χ4v) is 2.36. The Balaban J connectivity index is 1.93. The first-order valence-corrected chi connectivity index (χ1v) is 6.30. The predicted molar refractivity (Wildman–Crippen MR) is 73.1 cm³/mol. The molecular weight excluding hydrogens is 240 g/mol. The van der Waals surface area contributed by atoms with Gasteiger partial charge in [-0.05, 0) is 32.0 Å². The highest BCUT2D eigenvalue weighted by molar-refractivity contribution is 5.84. The summed E-state index contributed by atoms with van der Waals surface area (Å²) >= 11 is 0. The van der Waals surface area contributed by atoms with Crippen molar-refractivity contribution in [3.63, 3.8) is 0 Å². The Hall–Kier alpha value is -2.30. The van der Waals surface area contributed by atoms with Crippen LogP contribution in [0.3, 0.4) is 0 Å². The molecule has 3 heterocycles. The zero-order chi connectivity index (χ0) is 13.4. The number of pyridine rings is 1. The molecule has 1 atom stereocenters. The van der Waals surface area contributed by atoms with Gasteiger partial charge in [0.15, 0.2) is 0 Å². The first kappa shape index (κ1) is 11.8. The van der Waals surface area contributed by atoms with Gasteiger partial charge < -0.3 is 9.67 Å². The molecule has 5 nitrogen and oxygen atoms in total. The Labute approximate surface area is 110 Å². The molecular formula is C14H16N4O. The summed E-state index contributed by atoms with van der Waals surface area (Å²) in [5.41, 5.74) is 2.85. The van der Waals surface area contributed by atoms with Crippen molar-refractivity contribution in [2.24, 2.45) is 0 Å². The van der Waals surface area contributed by atoms with E-state index in [0.29, 0.717) is 0 Å². The zero-order valence-corrected chi connectivity index (χ0v) is 11.0. The summed E-state index contributed by atoms with van der Waals surface area (Å²) < 4.78 is 1.85. The van der Waals surface area contributed by atoms with E-state index in [1.165, 1.54) is 0 Å². The van der Waals surface area contributed by atoms with Crippen molar-refractivity contribution in [3.05, 3.63) is 42.0 Å². The number of aryl methyl sites for hydroxylation is 1. The van der Waals surface area contributed by atoms with Gasteiger partial charge in [-0.25, -0.2) is 0 Å². The van der Waals surface area contributed by atoms with Crippen LogP contribution >= 0.6 is 0 Å². The second-order valence-electron chi connectivity index (χ2n) is 4.89. The van der Waals surface area contributed by atoms with E-state index in [-0.39, 0.29) is 11.9 Å². The van der Waals surface area contributed by atoms with Gasteiger partial charge in [0, 0.05) is 30.6 Å². The van der Waals surface area contributed by atoms with Crippen LogP contribution in [0.25, 0.3) is 10.9 Å². The minimum absolute atomic E-state index is 0.122. The molecule has 19 heavy (non-hydrogen) atoms. The van der Waals surface area contributed by atoms with Crippen molar-refractivity contribution >= 4 is 10.9 Å². The number of aromatic nitrogens is 4. The van der Waals surface area contributed by atoms with Gasteiger partial charge in [0.2, 0.25) is 5.88 Å². The van der Waals surface area contributed by atoms with Crippen LogP contribution in [0.5, 0.6) is 5.88 Å². The molecule has 0 saturated carbocycles. The third-order valence-corrected chi connectivity index (χ3v) is 3.32. The SMILES string of the molecule is Cc1cc(CC(C)n2cc3ncccc3c2O)n[nH]1. The zero-order valence-electron chi connectivity index (χ0n) is 11.0. The third-order valence-electron chi connectivity index (χ3n) is 3.32. The summed E-state index contributed by atoms with van der Waals surface area (Å²) in [7, 11) is 0. The molecule has 0 aromatic carbocycles. The van der Waals surface area contributed by atoms with Crippen LogP contribution in [-0.2, 0) is 6.42 Å². The monoisotopic (exact) mass is 256 g/mol. The summed E-state index contributed by atoms with van der Waals surface area (Å²) in [5.74, 6) is 0.267. The lowest BCUT2D eigenvalue weighted by Gasteiger charge is -2.13. The number of rotatable bonds is 3. The van der Waals surface area contributed by atoms with Crippen molar-refractivity contribution in [3.8, 4) is 5.88 Å². The summed E-state index contributed by atoms with van der Waals surface area (Å²) in [6.07, 6.45) is 4.38. The number of nitrogens with zero attached hydrogens (tertiary/aromatic N) is 3. The van der Waals surface area contributed by atoms with E-state index >= 15 is 0 Å². The van der Waals surface area contributed by atoms with Gasteiger partial charge in [-0.3, -0.25) is 10.1 Å². The summed E-state index contributed by atoms with van der Waals surface area (Å²) in [4.78, 5) is 4.25. The second kappa shape index (κ2) is 4.42. The van der Waals surface area contributed by atoms with Gasteiger partial charge in [-0.15, -0.1) is 0 Å². The Morgan fingerprint density at radius 3 is 3.00 bits per heavy atom. The standard InChI is InChI=1S/C14H16N4O/c1-9-6-11(17-16-9)7-10(2)18-8-13-12(14(18)19)4-3-5-15-13/h3-6,8,10,19H,7H2,1-2H3,(H,16,17). The van der Waals surface area contributed by atoms with Crippen molar-refractivity contribution in [1.29, 1.82) is 0 Å². The van der Waals surface area contributed by atoms with Crippen molar-refractivity contribution in [2.75, 3.05) is 0 Å². The minimum atomic E-state index is 0.122. The molecule has 98 valence electrons. The van der Waals surface area contributed by atoms with E-state index < -0.39 is 0 Å². The number of hydrogen-bond donors (Lipinski definition) is 2. The Kier molecular flexibility index (Phi) is 2.74. The molecule has 0 saturated heterocycles. The van der Waals surface area contributed by atoms with Gasteiger partial charge in [0.1, 0.15) is 0 Å². The Morgan fingerprint density at radius 2 is 2.32 bits per heavy atom. The lowest BCUT2D eigenvalue weighted by atomic mass is 10.2. The highest BCUT2D eigenvalue weighted by atomic mass is 16.3. The number of fused-ring (bicyclic) bond motifs is 1. The van der Waals surface area contributed by atoms with E-state index in [4.69, 9.17) is 0 Å². The van der Waals surface area contributed by atoms with E-state index in [1.54, 1.807) is 6.20 Å². The van der Waals surface area contributed by atoms with Crippen LogP contribution in [0.4, 0.5) is 0 Å². The Bertz CT molecular complexity index is 713. The molecule has 0 aliphatic rings. The molecule has 0 aliphatic heterocycles. The van der Waals surface area contributed by atoms with E-state index in [0.717, 1.165) is 28.7 Å². The predicted octanol–water partition coefficient (Wildman–Crippen LogP) is 2.58. The van der Waals surface area contributed by atoms with Crippen LogP contribution in [0.15, 0.2) is 30.6 Å². The number of aromatic amines is 1. The molecule has 1 unspecified atom stereocenters. The van der Waals surface area contributed by atoms with Crippen LogP contribution in [-0.4, -0.2) is 24.9 Å². The van der Waals surface area contributed by atoms with Crippen molar-refractivity contribution in [1.82, 2.24) is 19.7 Å². The van der Waals surface area contributed by atoms with Gasteiger partial charge in [-0.1, -0.05) is 0 Å². The van der Waals surface area contributed by atoms with Crippen LogP contribution in [0, 0.1) is 6.92 Å². The quantitative estimate of drug-likeness (QED) is 0.757. The molecule has 0 fully saturated rings. The summed E-state index contributed by atoms with van der Waals surface area (Å²) in [6.45, 7) is 4.04. The van der Waals surface area contributed by atoms with Gasteiger partial charge in [-0.2, -0.15) is 5.10 Å². The maximum absolute atomic E-state index is 10.2. The average molecular weight is 256 g/mol. The summed E-state index contributed by atoms with van der Waals surface area (Å²) in [6, 6.07) is 5.85. The first-order chi connectivity index (χ1) is 9.15. The van der Waals surface area contributed by atoms with Gasteiger partial charge >= 0.3 is 0 Å². The first-order valence-electron chi connectivity index (χ1n) is 6.30. The highest BCUT2D eigenvalue weighted by Gasteiger charge is 2.15. The maximum Gasteiger partial charge on any atom is 0.200 e. The molecule has 3 rings (SSSR count). The Morgan fingerprint density at radius 1 is 1.47 bits per heavy atom. The van der Waals surface area contributed by atoms with Crippen LogP contribution in [0.1, 0.15) is 24.4 Å². The number of aromatic hydroxyl groups is 1. The van der Waals surface area contributed by atoms with Crippen molar-refractivity contribution in [2.45, 2.75) is 26.3 Å². The van der Waals surface area contributed by atoms with Crippen LogP contribution < -0.4 is 0 Å². The molecule has 0 amide bonds. The second-order valence-corrected chi connectivity index (χ2v) is 4.89. The average Bonchev–Trinajstić information content (AvgIpc) is 2.94. The number of nitrogens with one attached hydrogen (secondary N) is 1. The molecule has 0 bridgehead atoms. The lowest BCUT2D eigenvalue weighted by Crippen LogP contribution is -2.06.